The molecule has 3 aromatic rings. The first-order valence-electron chi connectivity index (χ1n) is 6.24. The van der Waals surface area contributed by atoms with Crippen LogP contribution < -0.4 is 4.74 Å². The molecule has 96 valence electrons. The maximum Gasteiger partial charge on any atom is 0.119 e. The van der Waals surface area contributed by atoms with E-state index in [2.05, 4.69) is 11.1 Å². The topological polar surface area (TPSA) is 45.9 Å². The van der Waals surface area contributed by atoms with E-state index in [1.165, 1.54) is 0 Å². The van der Waals surface area contributed by atoms with E-state index in [4.69, 9.17) is 10.00 Å². The summed E-state index contributed by atoms with van der Waals surface area (Å²) < 4.78 is 5.24. The highest BCUT2D eigenvalue weighted by atomic mass is 16.5. The molecule has 0 fully saturated rings. The number of benzene rings is 2. The zero-order valence-corrected chi connectivity index (χ0v) is 11.0. The highest BCUT2D eigenvalue weighted by molar-refractivity contribution is 5.84. The summed E-state index contributed by atoms with van der Waals surface area (Å²) in [5.74, 6) is 0.813. The Hall–Kier alpha value is -2.86. The molecule has 1 aromatic heterocycles. The minimum atomic E-state index is 0.641. The average Bonchev–Trinajstić information content (AvgIpc) is 2.53. The summed E-state index contributed by atoms with van der Waals surface area (Å²) in [4.78, 5) is 4.44. The molecule has 2 aromatic carbocycles. The normalized spacial score (nSPS) is 10.2. The molecule has 0 saturated heterocycles. The van der Waals surface area contributed by atoms with Crippen LogP contribution >= 0.6 is 0 Å². The number of hydrogen-bond acceptors (Lipinski definition) is 3. The van der Waals surface area contributed by atoms with Crippen molar-refractivity contribution in [1.29, 1.82) is 5.26 Å². The lowest BCUT2D eigenvalue weighted by molar-refractivity contribution is 0.415. The van der Waals surface area contributed by atoms with E-state index in [0.717, 1.165) is 27.8 Å². The molecule has 3 nitrogen and oxygen atoms in total. The van der Waals surface area contributed by atoms with Crippen molar-refractivity contribution in [2.75, 3.05) is 7.11 Å². The van der Waals surface area contributed by atoms with Crippen molar-refractivity contribution in [3.63, 3.8) is 0 Å². The van der Waals surface area contributed by atoms with Crippen molar-refractivity contribution in [2.24, 2.45) is 0 Å². The predicted molar refractivity (Wildman–Crippen MR) is 78.4 cm³/mol. The van der Waals surface area contributed by atoms with Crippen LogP contribution in [0.25, 0.3) is 22.0 Å². The minimum Gasteiger partial charge on any atom is -0.497 e. The van der Waals surface area contributed by atoms with Crippen molar-refractivity contribution in [3.05, 3.63) is 60.3 Å². The Bertz CT molecular complexity index is 819. The van der Waals surface area contributed by atoms with Crippen LogP contribution in [0.15, 0.2) is 54.7 Å². The smallest absolute Gasteiger partial charge is 0.119 e. The van der Waals surface area contributed by atoms with E-state index >= 15 is 0 Å². The van der Waals surface area contributed by atoms with Gasteiger partial charge >= 0.3 is 0 Å². The van der Waals surface area contributed by atoms with E-state index in [1.54, 1.807) is 13.2 Å². The van der Waals surface area contributed by atoms with E-state index < -0.39 is 0 Å². The number of aromatic nitrogens is 1. The molecular weight excluding hydrogens is 248 g/mol. The van der Waals surface area contributed by atoms with Crippen molar-refractivity contribution in [1.82, 2.24) is 4.98 Å². The molecule has 0 radical (unpaired) electrons. The number of rotatable bonds is 2. The van der Waals surface area contributed by atoms with Gasteiger partial charge in [0.15, 0.2) is 0 Å². The third-order valence-corrected chi connectivity index (χ3v) is 3.21. The molecule has 3 heteroatoms. The van der Waals surface area contributed by atoms with Crippen LogP contribution in [0.3, 0.4) is 0 Å². The minimum absolute atomic E-state index is 0.641. The monoisotopic (exact) mass is 260 g/mol. The predicted octanol–water partition coefficient (Wildman–Crippen LogP) is 3.78. The number of nitriles is 1. The number of hydrogen-bond donors (Lipinski definition) is 0. The number of pyridine rings is 1. The lowest BCUT2D eigenvalue weighted by Crippen LogP contribution is -1.86. The average molecular weight is 260 g/mol. The fourth-order valence-corrected chi connectivity index (χ4v) is 2.16. The van der Waals surface area contributed by atoms with Gasteiger partial charge in [-0.15, -0.1) is 0 Å². The highest BCUT2D eigenvalue weighted by Crippen LogP contribution is 2.26. The van der Waals surface area contributed by atoms with Crippen LogP contribution in [0.4, 0.5) is 0 Å². The molecular formula is C17H12N2O. The number of nitrogens with zero attached hydrogens (tertiary/aromatic N) is 2. The first kappa shape index (κ1) is 12.2. The summed E-state index contributed by atoms with van der Waals surface area (Å²) in [5.41, 5.74) is 3.57. The molecule has 0 saturated carbocycles. The van der Waals surface area contributed by atoms with Gasteiger partial charge in [-0.25, -0.2) is 0 Å². The van der Waals surface area contributed by atoms with Gasteiger partial charge in [0.05, 0.1) is 24.3 Å². The molecule has 0 aliphatic rings. The highest BCUT2D eigenvalue weighted by Gasteiger charge is 2.03. The summed E-state index contributed by atoms with van der Waals surface area (Å²) in [6.45, 7) is 0. The summed E-state index contributed by atoms with van der Waals surface area (Å²) in [7, 11) is 1.65. The zero-order valence-electron chi connectivity index (χ0n) is 11.0. The number of fused-ring (bicyclic) bond motifs is 1. The lowest BCUT2D eigenvalue weighted by atomic mass is 10.0. The summed E-state index contributed by atoms with van der Waals surface area (Å²) in [6, 6.07) is 17.5. The largest absolute Gasteiger partial charge is 0.497 e. The quantitative estimate of drug-likeness (QED) is 0.704. The van der Waals surface area contributed by atoms with Gasteiger partial charge in [-0.05, 0) is 42.0 Å². The van der Waals surface area contributed by atoms with E-state index in [-0.39, 0.29) is 0 Å². The Morgan fingerprint density at radius 1 is 1.05 bits per heavy atom. The summed E-state index contributed by atoms with van der Waals surface area (Å²) >= 11 is 0. The van der Waals surface area contributed by atoms with E-state index in [0.29, 0.717) is 5.56 Å². The number of methoxy groups -OCH3 is 1. The van der Waals surface area contributed by atoms with Crippen LogP contribution in [-0.4, -0.2) is 12.1 Å². The first-order chi connectivity index (χ1) is 9.80. The van der Waals surface area contributed by atoms with E-state index in [9.17, 15) is 0 Å². The molecule has 0 aliphatic carbocycles. The third kappa shape index (κ3) is 2.19. The van der Waals surface area contributed by atoms with Crippen molar-refractivity contribution in [3.8, 4) is 22.9 Å². The van der Waals surface area contributed by atoms with Gasteiger partial charge in [-0.3, -0.25) is 4.98 Å². The van der Waals surface area contributed by atoms with Gasteiger partial charge in [-0.1, -0.05) is 12.1 Å². The number of ether oxygens (including phenoxy) is 1. The standard InChI is InChI=1S/C17H12N2O/c1-20-16-4-2-3-13(9-16)15-8-14-7-12(10-18)5-6-17(14)19-11-15/h2-9,11H,1H3. The maximum atomic E-state index is 8.96. The van der Waals surface area contributed by atoms with Crippen LogP contribution in [-0.2, 0) is 0 Å². The molecule has 0 atom stereocenters. The Morgan fingerprint density at radius 3 is 2.75 bits per heavy atom. The Labute approximate surface area is 117 Å². The molecule has 0 N–H and O–H groups in total. The lowest BCUT2D eigenvalue weighted by Gasteiger charge is -2.06. The fourth-order valence-electron chi connectivity index (χ4n) is 2.16. The molecule has 0 bridgehead atoms. The second kappa shape index (κ2) is 5.02. The molecule has 0 aliphatic heterocycles. The Kier molecular flexibility index (Phi) is 3.06. The van der Waals surface area contributed by atoms with Gasteiger partial charge < -0.3 is 4.74 Å². The zero-order chi connectivity index (χ0) is 13.9. The fraction of sp³-hybridized carbons (Fsp3) is 0.0588. The molecule has 0 amide bonds. The maximum absolute atomic E-state index is 8.96. The van der Waals surface area contributed by atoms with Crippen LogP contribution in [0.5, 0.6) is 5.75 Å². The molecule has 0 spiro atoms. The second-order valence-electron chi connectivity index (χ2n) is 4.48. The van der Waals surface area contributed by atoms with E-state index in [1.807, 2.05) is 48.7 Å². The van der Waals surface area contributed by atoms with Gasteiger partial charge in [0.25, 0.3) is 0 Å². The molecule has 1 heterocycles. The van der Waals surface area contributed by atoms with Crippen molar-refractivity contribution in [2.45, 2.75) is 0 Å². The van der Waals surface area contributed by atoms with Gasteiger partial charge in [0, 0.05) is 17.1 Å². The van der Waals surface area contributed by atoms with Crippen LogP contribution in [0, 0.1) is 11.3 Å². The van der Waals surface area contributed by atoms with Gasteiger partial charge in [0.1, 0.15) is 5.75 Å². The second-order valence-corrected chi connectivity index (χ2v) is 4.48. The molecule has 20 heavy (non-hydrogen) atoms. The van der Waals surface area contributed by atoms with Crippen molar-refractivity contribution >= 4 is 10.9 Å². The van der Waals surface area contributed by atoms with Gasteiger partial charge in [-0.2, -0.15) is 5.26 Å². The summed E-state index contributed by atoms with van der Waals surface area (Å²) in [5, 5.41) is 9.93. The molecule has 3 rings (SSSR count). The summed E-state index contributed by atoms with van der Waals surface area (Å²) in [6.07, 6.45) is 1.84. The van der Waals surface area contributed by atoms with Gasteiger partial charge in [0.2, 0.25) is 0 Å². The van der Waals surface area contributed by atoms with Crippen LogP contribution in [0.2, 0.25) is 0 Å². The Morgan fingerprint density at radius 2 is 1.95 bits per heavy atom. The SMILES string of the molecule is COc1cccc(-c2cnc3ccc(C#N)cc3c2)c1. The first-order valence-corrected chi connectivity index (χ1v) is 6.24. The molecule has 0 unspecified atom stereocenters. The Balaban J connectivity index is 2.14. The van der Waals surface area contributed by atoms with Crippen LogP contribution in [0.1, 0.15) is 5.56 Å². The third-order valence-electron chi connectivity index (χ3n) is 3.21. The van der Waals surface area contributed by atoms with Crippen molar-refractivity contribution < 1.29 is 4.74 Å².